The summed E-state index contributed by atoms with van der Waals surface area (Å²) in [7, 11) is 1.77. The van der Waals surface area contributed by atoms with E-state index < -0.39 is 17.9 Å². The number of carboxylic acids is 1. The van der Waals surface area contributed by atoms with Crippen LogP contribution in [0.25, 0.3) is 0 Å². The molecule has 0 aliphatic carbocycles. The van der Waals surface area contributed by atoms with E-state index in [0.717, 1.165) is 5.69 Å². The Balaban J connectivity index is 2.89. The van der Waals surface area contributed by atoms with Gasteiger partial charge in [0.05, 0.1) is 0 Å². The number of carbonyl (C=O) groups excluding carboxylic acids is 1. The molecule has 2 N–H and O–H groups in total. The van der Waals surface area contributed by atoms with Crippen LogP contribution in [-0.2, 0) is 11.8 Å². The van der Waals surface area contributed by atoms with Crippen LogP contribution in [0.1, 0.15) is 49.8 Å². The molecule has 1 aromatic rings. The monoisotopic (exact) mass is 267 g/mol. The molecule has 1 heterocycles. The van der Waals surface area contributed by atoms with Gasteiger partial charge in [-0.15, -0.1) is 0 Å². The van der Waals surface area contributed by atoms with E-state index >= 15 is 0 Å². The Kier molecular flexibility index (Phi) is 4.69. The van der Waals surface area contributed by atoms with Gasteiger partial charge in [-0.2, -0.15) is 5.10 Å². The van der Waals surface area contributed by atoms with Gasteiger partial charge >= 0.3 is 5.97 Å². The van der Waals surface area contributed by atoms with E-state index in [2.05, 4.69) is 10.4 Å². The summed E-state index contributed by atoms with van der Waals surface area (Å²) in [6, 6.07) is 0.788. The first kappa shape index (κ1) is 15.2. The number of carboxylic acid groups (broad SMARTS) is 1. The number of nitrogens with one attached hydrogen (secondary N) is 1. The maximum absolute atomic E-state index is 12.0. The van der Waals surface area contributed by atoms with Crippen LogP contribution in [0.4, 0.5) is 0 Å². The van der Waals surface area contributed by atoms with Gasteiger partial charge in [-0.05, 0) is 17.9 Å². The second-order valence-corrected chi connectivity index (χ2v) is 5.27. The molecule has 1 rings (SSSR count). The zero-order valence-corrected chi connectivity index (χ0v) is 12.0. The Bertz CT molecular complexity index is 477. The fraction of sp³-hybridized carbons (Fsp3) is 0.615. The predicted molar refractivity (Wildman–Crippen MR) is 71.0 cm³/mol. The Morgan fingerprint density at radius 2 is 1.89 bits per heavy atom. The molecule has 106 valence electrons. The summed E-state index contributed by atoms with van der Waals surface area (Å²) in [5.74, 6) is -1.43. The Morgan fingerprint density at radius 1 is 1.32 bits per heavy atom. The van der Waals surface area contributed by atoms with Crippen molar-refractivity contribution < 1.29 is 14.7 Å². The summed E-state index contributed by atoms with van der Waals surface area (Å²) >= 11 is 0. The van der Waals surface area contributed by atoms with E-state index in [4.69, 9.17) is 5.11 Å². The van der Waals surface area contributed by atoms with Crippen molar-refractivity contribution in [3.8, 4) is 0 Å². The van der Waals surface area contributed by atoms with Crippen molar-refractivity contribution in [2.24, 2.45) is 13.0 Å². The van der Waals surface area contributed by atoms with Gasteiger partial charge in [-0.1, -0.05) is 27.7 Å². The maximum Gasteiger partial charge on any atom is 0.326 e. The molecule has 0 saturated carbocycles. The van der Waals surface area contributed by atoms with E-state index in [0.29, 0.717) is 0 Å². The number of aryl methyl sites for hydroxylation is 1. The van der Waals surface area contributed by atoms with Crippen molar-refractivity contribution in [1.82, 2.24) is 15.1 Å². The standard InChI is InChI=1S/C13H21N3O3/c1-7(2)10-6-9(15-16(10)5)12(17)14-11(8(3)4)13(18)19/h6-8,11H,1-5H3,(H,14,17)(H,18,19)/t11-/m0/s1. The Hall–Kier alpha value is -1.85. The van der Waals surface area contributed by atoms with Crippen molar-refractivity contribution >= 4 is 11.9 Å². The smallest absolute Gasteiger partial charge is 0.326 e. The molecule has 1 aromatic heterocycles. The van der Waals surface area contributed by atoms with Crippen LogP contribution in [-0.4, -0.2) is 32.8 Å². The number of carbonyl (C=O) groups is 2. The van der Waals surface area contributed by atoms with Crippen LogP contribution < -0.4 is 5.32 Å². The van der Waals surface area contributed by atoms with Gasteiger partial charge in [0.25, 0.3) is 5.91 Å². The zero-order chi connectivity index (χ0) is 14.7. The first-order valence-electron chi connectivity index (χ1n) is 6.31. The molecular weight excluding hydrogens is 246 g/mol. The van der Waals surface area contributed by atoms with Crippen LogP contribution in [0.2, 0.25) is 0 Å². The quantitative estimate of drug-likeness (QED) is 0.844. The van der Waals surface area contributed by atoms with Crippen molar-refractivity contribution in [2.75, 3.05) is 0 Å². The highest BCUT2D eigenvalue weighted by molar-refractivity contribution is 5.95. The van der Waals surface area contributed by atoms with Crippen molar-refractivity contribution in [3.63, 3.8) is 0 Å². The number of aromatic nitrogens is 2. The van der Waals surface area contributed by atoms with Gasteiger partial charge in [-0.3, -0.25) is 9.48 Å². The molecule has 0 unspecified atom stereocenters. The fourth-order valence-electron chi connectivity index (χ4n) is 1.86. The van der Waals surface area contributed by atoms with E-state index in [9.17, 15) is 9.59 Å². The molecule has 1 atom stereocenters. The SMILES string of the molecule is CC(C)c1cc(C(=O)N[C@H](C(=O)O)C(C)C)nn1C. The lowest BCUT2D eigenvalue weighted by molar-refractivity contribution is -0.140. The third-order valence-corrected chi connectivity index (χ3v) is 2.96. The van der Waals surface area contributed by atoms with Crippen LogP contribution in [0.3, 0.4) is 0 Å². The molecule has 1 amide bonds. The molecule has 0 saturated heterocycles. The Labute approximate surface area is 112 Å². The van der Waals surface area contributed by atoms with Crippen molar-refractivity contribution in [2.45, 2.75) is 39.7 Å². The average molecular weight is 267 g/mol. The topological polar surface area (TPSA) is 84.2 Å². The molecular formula is C13H21N3O3. The van der Waals surface area contributed by atoms with E-state index in [1.54, 1.807) is 31.6 Å². The number of rotatable bonds is 5. The van der Waals surface area contributed by atoms with Gasteiger partial charge in [0, 0.05) is 12.7 Å². The summed E-state index contributed by atoms with van der Waals surface area (Å²) in [4.78, 5) is 23.0. The lowest BCUT2D eigenvalue weighted by Crippen LogP contribution is -2.44. The highest BCUT2D eigenvalue weighted by atomic mass is 16.4. The molecule has 19 heavy (non-hydrogen) atoms. The fourth-order valence-corrected chi connectivity index (χ4v) is 1.86. The lowest BCUT2D eigenvalue weighted by Gasteiger charge is -2.16. The minimum atomic E-state index is -1.04. The predicted octanol–water partition coefficient (Wildman–Crippen LogP) is 1.38. The third kappa shape index (κ3) is 3.56. The summed E-state index contributed by atoms with van der Waals surface area (Å²) < 4.78 is 1.64. The number of nitrogens with zero attached hydrogens (tertiary/aromatic N) is 2. The Morgan fingerprint density at radius 3 is 2.26 bits per heavy atom. The molecule has 0 aliphatic heterocycles. The first-order valence-corrected chi connectivity index (χ1v) is 6.31. The average Bonchev–Trinajstić information content (AvgIpc) is 2.67. The summed E-state index contributed by atoms with van der Waals surface area (Å²) in [5.41, 5.74) is 1.18. The second-order valence-electron chi connectivity index (χ2n) is 5.27. The molecule has 0 radical (unpaired) electrons. The summed E-state index contributed by atoms with van der Waals surface area (Å²) in [6.45, 7) is 7.51. The molecule has 0 spiro atoms. The van der Waals surface area contributed by atoms with E-state index in [1.165, 1.54) is 0 Å². The molecule has 6 heteroatoms. The third-order valence-electron chi connectivity index (χ3n) is 2.96. The van der Waals surface area contributed by atoms with Gasteiger partial charge in [-0.25, -0.2) is 4.79 Å². The minimum absolute atomic E-state index is 0.185. The second kappa shape index (κ2) is 5.86. The normalized spacial score (nSPS) is 12.8. The highest BCUT2D eigenvalue weighted by Crippen LogP contribution is 2.15. The first-order chi connectivity index (χ1) is 8.73. The maximum atomic E-state index is 12.0. The zero-order valence-electron chi connectivity index (χ0n) is 12.0. The van der Waals surface area contributed by atoms with Crippen molar-refractivity contribution in [1.29, 1.82) is 0 Å². The number of amides is 1. The van der Waals surface area contributed by atoms with Crippen LogP contribution in [0.5, 0.6) is 0 Å². The largest absolute Gasteiger partial charge is 0.480 e. The van der Waals surface area contributed by atoms with Gasteiger partial charge in [0.1, 0.15) is 11.7 Å². The molecule has 0 aromatic carbocycles. The molecule has 0 bridgehead atoms. The van der Waals surface area contributed by atoms with Crippen LogP contribution in [0, 0.1) is 5.92 Å². The number of hydrogen-bond donors (Lipinski definition) is 2. The van der Waals surface area contributed by atoms with Gasteiger partial charge in [0.2, 0.25) is 0 Å². The van der Waals surface area contributed by atoms with E-state index in [1.807, 2.05) is 13.8 Å². The van der Waals surface area contributed by atoms with Crippen molar-refractivity contribution in [3.05, 3.63) is 17.5 Å². The summed E-state index contributed by atoms with van der Waals surface area (Å²) in [6.07, 6.45) is 0. The lowest BCUT2D eigenvalue weighted by atomic mass is 10.0. The summed E-state index contributed by atoms with van der Waals surface area (Å²) in [5, 5.41) is 15.7. The number of aliphatic carboxylic acids is 1. The number of hydrogen-bond acceptors (Lipinski definition) is 3. The van der Waals surface area contributed by atoms with Crippen LogP contribution in [0.15, 0.2) is 6.07 Å². The van der Waals surface area contributed by atoms with Crippen LogP contribution >= 0.6 is 0 Å². The minimum Gasteiger partial charge on any atom is -0.480 e. The highest BCUT2D eigenvalue weighted by Gasteiger charge is 2.25. The molecule has 6 nitrogen and oxygen atoms in total. The molecule has 0 fully saturated rings. The van der Waals surface area contributed by atoms with E-state index in [-0.39, 0.29) is 17.5 Å². The van der Waals surface area contributed by atoms with Gasteiger partial charge in [0.15, 0.2) is 0 Å². The molecule has 0 aliphatic rings. The van der Waals surface area contributed by atoms with Gasteiger partial charge < -0.3 is 10.4 Å².